The highest BCUT2D eigenvalue weighted by atomic mass is 32.2. The fraction of sp³-hybridized carbons (Fsp3) is 0.138. The molecule has 0 fully saturated rings. The molecule has 0 atom stereocenters. The van der Waals surface area contributed by atoms with Crippen molar-refractivity contribution in [1.82, 2.24) is 19.9 Å². The van der Waals surface area contributed by atoms with Gasteiger partial charge in [-0.2, -0.15) is 0 Å². The Kier molecular flexibility index (Phi) is 7.09. The molecule has 1 amide bonds. The molecule has 180 valence electrons. The van der Waals surface area contributed by atoms with Gasteiger partial charge in [0.2, 0.25) is 0 Å². The van der Waals surface area contributed by atoms with Crippen molar-refractivity contribution in [1.29, 1.82) is 0 Å². The third-order valence-corrected chi connectivity index (χ3v) is 6.93. The second-order valence-electron chi connectivity index (χ2n) is 8.61. The lowest BCUT2D eigenvalue weighted by atomic mass is 10.1. The number of halogens is 1. The zero-order chi connectivity index (χ0) is 24.9. The van der Waals surface area contributed by atoms with Crippen molar-refractivity contribution in [2.75, 3.05) is 0 Å². The lowest BCUT2D eigenvalue weighted by molar-refractivity contribution is 0.0951. The van der Waals surface area contributed by atoms with Crippen LogP contribution in [0.25, 0.3) is 11.2 Å². The number of imidazole rings is 1. The zero-order valence-corrected chi connectivity index (χ0v) is 20.6. The van der Waals surface area contributed by atoms with Crippen molar-refractivity contribution >= 4 is 28.8 Å². The number of pyridine rings is 1. The Hall–Kier alpha value is -3.97. The molecule has 3 aromatic carbocycles. The molecule has 36 heavy (non-hydrogen) atoms. The maximum absolute atomic E-state index is 13.1. The number of nitrogens with one attached hydrogen (secondary N) is 1. The molecular formula is C29H25FN4OS. The van der Waals surface area contributed by atoms with Crippen LogP contribution in [0.2, 0.25) is 0 Å². The van der Waals surface area contributed by atoms with Crippen molar-refractivity contribution in [3.63, 3.8) is 0 Å². The van der Waals surface area contributed by atoms with Crippen molar-refractivity contribution in [3.8, 4) is 0 Å². The molecule has 0 saturated heterocycles. The fourth-order valence-electron chi connectivity index (χ4n) is 3.85. The normalized spacial score (nSPS) is 11.1. The molecule has 0 aliphatic rings. The Morgan fingerprint density at radius 3 is 2.36 bits per heavy atom. The molecule has 0 radical (unpaired) electrons. The van der Waals surface area contributed by atoms with Gasteiger partial charge >= 0.3 is 0 Å². The van der Waals surface area contributed by atoms with Crippen LogP contribution in [-0.4, -0.2) is 20.4 Å². The minimum atomic E-state index is -0.293. The molecule has 1 N–H and O–H groups in total. The van der Waals surface area contributed by atoms with Crippen molar-refractivity contribution in [2.45, 2.75) is 30.9 Å². The van der Waals surface area contributed by atoms with Crippen LogP contribution in [0.5, 0.6) is 0 Å². The minimum absolute atomic E-state index is 0.171. The number of amides is 1. The molecule has 2 heterocycles. The van der Waals surface area contributed by atoms with E-state index in [1.54, 1.807) is 30.1 Å². The van der Waals surface area contributed by atoms with Crippen molar-refractivity contribution in [2.24, 2.45) is 0 Å². The molecule has 0 spiro atoms. The summed E-state index contributed by atoms with van der Waals surface area (Å²) in [5.41, 5.74) is 6.65. The standard InChI is InChI=1S/C29H25FN4OS/c1-20-4-6-23(7-5-20)19-36-29-33-26-3-2-16-31-27(26)34(29)18-22-8-12-24(13-9-22)28(35)32-17-21-10-14-25(30)15-11-21/h2-16H,17-19H2,1H3,(H,32,35). The lowest BCUT2D eigenvalue weighted by Crippen LogP contribution is -2.22. The maximum atomic E-state index is 13.1. The van der Waals surface area contributed by atoms with Crippen molar-refractivity contribution < 1.29 is 9.18 Å². The molecule has 2 aromatic heterocycles. The Labute approximate surface area is 213 Å². The monoisotopic (exact) mass is 496 g/mol. The summed E-state index contributed by atoms with van der Waals surface area (Å²) in [6, 6.07) is 26.1. The molecule has 5 nitrogen and oxygen atoms in total. The summed E-state index contributed by atoms with van der Waals surface area (Å²) in [5, 5.41) is 3.79. The summed E-state index contributed by atoms with van der Waals surface area (Å²) in [4.78, 5) is 22.0. The van der Waals surface area contributed by atoms with E-state index in [1.165, 1.54) is 23.3 Å². The Morgan fingerprint density at radius 2 is 1.61 bits per heavy atom. The molecule has 7 heteroatoms. The summed E-state index contributed by atoms with van der Waals surface area (Å²) >= 11 is 1.69. The number of benzene rings is 3. The number of rotatable bonds is 8. The average Bonchev–Trinajstić information content (AvgIpc) is 3.25. The highest BCUT2D eigenvalue weighted by molar-refractivity contribution is 7.98. The Morgan fingerprint density at radius 1 is 0.917 bits per heavy atom. The molecule has 5 aromatic rings. The zero-order valence-electron chi connectivity index (χ0n) is 19.8. The number of carbonyl (C=O) groups is 1. The summed E-state index contributed by atoms with van der Waals surface area (Å²) in [6.45, 7) is 3.03. The van der Waals surface area contributed by atoms with Crippen LogP contribution in [0.15, 0.2) is 96.3 Å². The van der Waals surface area contributed by atoms with Gasteiger partial charge in [0.1, 0.15) is 11.3 Å². The van der Waals surface area contributed by atoms with Gasteiger partial charge in [-0.25, -0.2) is 14.4 Å². The van der Waals surface area contributed by atoms with Gasteiger partial charge in [0.05, 0.1) is 6.54 Å². The number of carbonyl (C=O) groups excluding carboxylic acids is 1. The first kappa shape index (κ1) is 23.8. The minimum Gasteiger partial charge on any atom is -0.348 e. The summed E-state index contributed by atoms with van der Waals surface area (Å²) in [6.07, 6.45) is 1.78. The number of hydrogen-bond donors (Lipinski definition) is 1. The second-order valence-corrected chi connectivity index (χ2v) is 9.55. The van der Waals surface area contributed by atoms with Gasteiger partial charge in [-0.05, 0) is 60.0 Å². The predicted octanol–water partition coefficient (Wildman–Crippen LogP) is 6.15. The van der Waals surface area contributed by atoms with E-state index in [4.69, 9.17) is 4.98 Å². The number of fused-ring (bicyclic) bond motifs is 1. The highest BCUT2D eigenvalue weighted by Crippen LogP contribution is 2.27. The van der Waals surface area contributed by atoms with Crippen molar-refractivity contribution in [3.05, 3.63) is 125 Å². The first-order valence-electron chi connectivity index (χ1n) is 11.7. The van der Waals surface area contributed by atoms with E-state index in [0.717, 1.165) is 33.2 Å². The van der Waals surface area contributed by atoms with E-state index in [2.05, 4.69) is 46.1 Å². The van der Waals surface area contributed by atoms with Crippen LogP contribution in [0.1, 0.15) is 32.6 Å². The van der Waals surface area contributed by atoms with Gasteiger partial charge in [-0.1, -0.05) is 65.9 Å². The van der Waals surface area contributed by atoms with E-state index >= 15 is 0 Å². The second kappa shape index (κ2) is 10.7. The topological polar surface area (TPSA) is 59.8 Å². The van der Waals surface area contributed by atoms with Crippen LogP contribution in [0.4, 0.5) is 4.39 Å². The van der Waals surface area contributed by atoms with E-state index in [9.17, 15) is 9.18 Å². The SMILES string of the molecule is Cc1ccc(CSc2nc3cccnc3n2Cc2ccc(C(=O)NCc3ccc(F)cc3)cc2)cc1. The Balaban J connectivity index is 1.29. The van der Waals surface area contributed by atoms with E-state index in [1.807, 2.05) is 36.4 Å². The third kappa shape index (κ3) is 5.63. The van der Waals surface area contributed by atoms with Gasteiger partial charge in [-0.3, -0.25) is 9.36 Å². The van der Waals surface area contributed by atoms with Gasteiger partial charge in [0.25, 0.3) is 5.91 Å². The quantitative estimate of drug-likeness (QED) is 0.262. The molecule has 0 aliphatic heterocycles. The number of hydrogen-bond acceptors (Lipinski definition) is 4. The number of nitrogens with zero attached hydrogens (tertiary/aromatic N) is 3. The Bertz CT molecular complexity index is 1480. The lowest BCUT2D eigenvalue weighted by Gasteiger charge is -2.10. The summed E-state index contributed by atoms with van der Waals surface area (Å²) in [5.74, 6) is 0.352. The largest absolute Gasteiger partial charge is 0.348 e. The molecule has 0 saturated carbocycles. The van der Waals surface area contributed by atoms with Crippen LogP contribution in [-0.2, 0) is 18.8 Å². The molecule has 0 aliphatic carbocycles. The molecular weight excluding hydrogens is 471 g/mol. The van der Waals surface area contributed by atoms with Crippen LogP contribution >= 0.6 is 11.8 Å². The third-order valence-electron chi connectivity index (χ3n) is 5.88. The number of thioether (sulfide) groups is 1. The average molecular weight is 497 g/mol. The van der Waals surface area contributed by atoms with E-state index in [0.29, 0.717) is 18.7 Å². The van der Waals surface area contributed by atoms with Crippen LogP contribution in [0, 0.1) is 12.7 Å². The van der Waals surface area contributed by atoms with Crippen LogP contribution < -0.4 is 5.32 Å². The van der Waals surface area contributed by atoms with Gasteiger partial charge < -0.3 is 5.32 Å². The molecule has 5 rings (SSSR count). The van der Waals surface area contributed by atoms with Crippen LogP contribution in [0.3, 0.4) is 0 Å². The molecule has 0 bridgehead atoms. The first-order valence-corrected chi connectivity index (χ1v) is 12.6. The molecule has 0 unspecified atom stereocenters. The first-order chi connectivity index (χ1) is 17.5. The predicted molar refractivity (Wildman–Crippen MR) is 141 cm³/mol. The van der Waals surface area contributed by atoms with Gasteiger partial charge in [0.15, 0.2) is 10.8 Å². The number of aryl methyl sites for hydroxylation is 1. The summed E-state index contributed by atoms with van der Waals surface area (Å²) in [7, 11) is 0. The van der Waals surface area contributed by atoms with E-state index in [-0.39, 0.29) is 11.7 Å². The highest BCUT2D eigenvalue weighted by Gasteiger charge is 2.14. The maximum Gasteiger partial charge on any atom is 0.251 e. The van der Waals surface area contributed by atoms with Gasteiger partial charge in [-0.15, -0.1) is 0 Å². The summed E-state index contributed by atoms with van der Waals surface area (Å²) < 4.78 is 15.2. The van der Waals surface area contributed by atoms with E-state index < -0.39 is 0 Å². The number of aromatic nitrogens is 3. The fourth-order valence-corrected chi connectivity index (χ4v) is 4.81. The van der Waals surface area contributed by atoms with Gasteiger partial charge in [0, 0.05) is 24.1 Å². The smallest absolute Gasteiger partial charge is 0.251 e.